The third-order valence-corrected chi connectivity index (χ3v) is 5.64. The van der Waals surface area contributed by atoms with E-state index in [1.54, 1.807) is 0 Å². The van der Waals surface area contributed by atoms with E-state index in [9.17, 15) is 0 Å². The summed E-state index contributed by atoms with van der Waals surface area (Å²) in [5.41, 5.74) is 5.29. The Labute approximate surface area is 165 Å². The second-order valence-corrected chi connectivity index (χ2v) is 6.80. The predicted octanol–water partition coefficient (Wildman–Crippen LogP) is 6.87. The molecule has 0 heterocycles. The molecule has 0 aromatic heterocycles. The molecule has 0 unspecified atom stereocenters. The van der Waals surface area contributed by atoms with Crippen LogP contribution in [0.1, 0.15) is 11.1 Å². The van der Waals surface area contributed by atoms with Crippen LogP contribution in [0.15, 0.2) is 60.7 Å². The second-order valence-electron chi connectivity index (χ2n) is 6.02. The van der Waals surface area contributed by atoms with E-state index in [0.29, 0.717) is 10.0 Å². The minimum atomic E-state index is 0. The molecule has 4 aromatic carbocycles. The maximum absolute atomic E-state index is 6.62. The van der Waals surface area contributed by atoms with Crippen LogP contribution in [-0.2, 0) is 28.1 Å². The predicted molar refractivity (Wildman–Crippen MR) is 99.7 cm³/mol. The average Bonchev–Trinajstić information content (AvgIpc) is 2.97. The Bertz CT molecular complexity index is 1120. The zero-order valence-corrected chi connectivity index (χ0v) is 15.8. The van der Waals surface area contributed by atoms with Crippen LogP contribution in [0.5, 0.6) is 0 Å². The van der Waals surface area contributed by atoms with Crippen molar-refractivity contribution in [3.8, 4) is 11.1 Å². The average molecular weight is 383 g/mol. The first-order valence-electron chi connectivity index (χ1n) is 7.65. The fourth-order valence-electron chi connectivity index (χ4n) is 3.89. The zero-order chi connectivity index (χ0) is 15.6. The smallest absolute Gasteiger partial charge is 0.0673 e. The molecule has 1 aliphatic carbocycles. The normalized spacial score (nSPS) is 12.1. The maximum Gasteiger partial charge on any atom is 0.0673 e. The molecule has 0 N–H and O–H groups in total. The van der Waals surface area contributed by atoms with E-state index in [2.05, 4.69) is 54.6 Å². The number of rotatable bonds is 0. The topological polar surface area (TPSA) is 0 Å². The summed E-state index contributed by atoms with van der Waals surface area (Å²) in [5.74, 6) is 0. The van der Waals surface area contributed by atoms with Crippen molar-refractivity contribution in [2.45, 2.75) is 6.42 Å². The van der Waals surface area contributed by atoms with Crippen molar-refractivity contribution in [3.05, 3.63) is 81.8 Å². The third kappa shape index (κ3) is 2.11. The first-order valence-corrected chi connectivity index (χ1v) is 8.41. The Balaban J connectivity index is 0.00000146. The summed E-state index contributed by atoms with van der Waals surface area (Å²) in [6.07, 6.45) is 0.910. The van der Waals surface area contributed by atoms with Crippen molar-refractivity contribution in [2.24, 2.45) is 0 Å². The fourth-order valence-corrected chi connectivity index (χ4v) is 4.32. The summed E-state index contributed by atoms with van der Waals surface area (Å²) in [4.78, 5) is 0. The van der Waals surface area contributed by atoms with Gasteiger partial charge >= 0.3 is 0 Å². The second kappa shape index (κ2) is 5.90. The number of hydrogen-bond acceptors (Lipinski definition) is 0. The van der Waals surface area contributed by atoms with Gasteiger partial charge in [-0.3, -0.25) is 0 Å². The van der Waals surface area contributed by atoms with Gasteiger partial charge < -0.3 is 0 Å². The molecule has 4 aromatic rings. The van der Waals surface area contributed by atoms with Gasteiger partial charge in [0.05, 0.1) is 10.0 Å². The molecule has 0 aliphatic heterocycles. The summed E-state index contributed by atoms with van der Waals surface area (Å²) in [6, 6.07) is 21.2. The molecular weight excluding hydrogens is 371 g/mol. The monoisotopic (exact) mass is 382 g/mol. The summed E-state index contributed by atoms with van der Waals surface area (Å²) < 4.78 is 0. The maximum atomic E-state index is 6.62. The van der Waals surface area contributed by atoms with Crippen molar-refractivity contribution in [1.82, 2.24) is 0 Å². The molecule has 0 saturated carbocycles. The van der Waals surface area contributed by atoms with Gasteiger partial charge in [-0.25, -0.2) is 0 Å². The molecule has 0 spiro atoms. The molecular formula is C21H12Cl2Ti. The Morgan fingerprint density at radius 1 is 0.708 bits per heavy atom. The molecule has 0 saturated heterocycles. The van der Waals surface area contributed by atoms with Crippen LogP contribution in [0.25, 0.3) is 32.7 Å². The molecule has 0 nitrogen and oxygen atoms in total. The van der Waals surface area contributed by atoms with Crippen molar-refractivity contribution in [2.75, 3.05) is 0 Å². The Morgan fingerprint density at radius 3 is 2.25 bits per heavy atom. The summed E-state index contributed by atoms with van der Waals surface area (Å²) in [5, 5.41) is 6.09. The van der Waals surface area contributed by atoms with Gasteiger partial charge in [-0.05, 0) is 50.9 Å². The first-order chi connectivity index (χ1) is 11.3. The molecule has 0 atom stereocenters. The summed E-state index contributed by atoms with van der Waals surface area (Å²) in [7, 11) is 0. The van der Waals surface area contributed by atoms with Crippen LogP contribution in [0.4, 0.5) is 0 Å². The van der Waals surface area contributed by atoms with E-state index in [0.717, 1.165) is 11.8 Å². The fraction of sp³-hybridized carbons (Fsp3) is 0.0476. The van der Waals surface area contributed by atoms with Crippen LogP contribution in [0.2, 0.25) is 10.0 Å². The van der Waals surface area contributed by atoms with Gasteiger partial charge in [-0.2, -0.15) is 0 Å². The van der Waals surface area contributed by atoms with E-state index in [1.807, 2.05) is 6.07 Å². The number of hydrogen-bond donors (Lipinski definition) is 0. The molecule has 114 valence electrons. The Kier molecular flexibility index (Phi) is 3.97. The molecule has 0 amide bonds. The minimum Gasteiger partial charge on any atom is -0.0827 e. The van der Waals surface area contributed by atoms with Gasteiger partial charge in [0.25, 0.3) is 0 Å². The molecule has 3 heteroatoms. The van der Waals surface area contributed by atoms with Crippen LogP contribution < -0.4 is 0 Å². The minimum absolute atomic E-state index is 0. The zero-order valence-electron chi connectivity index (χ0n) is 12.7. The molecule has 1 aliphatic rings. The molecule has 0 fully saturated rings. The molecule has 0 radical (unpaired) electrons. The van der Waals surface area contributed by atoms with Crippen LogP contribution in [0, 0.1) is 0 Å². The van der Waals surface area contributed by atoms with E-state index in [4.69, 9.17) is 23.2 Å². The quantitative estimate of drug-likeness (QED) is 0.202. The molecule has 5 rings (SSSR count). The van der Waals surface area contributed by atoms with Gasteiger partial charge in [0.15, 0.2) is 0 Å². The Morgan fingerprint density at radius 2 is 1.42 bits per heavy atom. The number of benzene rings is 4. The van der Waals surface area contributed by atoms with Crippen molar-refractivity contribution in [1.29, 1.82) is 0 Å². The largest absolute Gasteiger partial charge is 0.0827 e. The van der Waals surface area contributed by atoms with Crippen molar-refractivity contribution in [3.63, 3.8) is 0 Å². The summed E-state index contributed by atoms with van der Waals surface area (Å²) >= 11 is 12.9. The van der Waals surface area contributed by atoms with Crippen LogP contribution in [0.3, 0.4) is 0 Å². The van der Waals surface area contributed by atoms with E-state index in [-0.39, 0.29) is 21.7 Å². The van der Waals surface area contributed by atoms with Crippen LogP contribution >= 0.6 is 23.2 Å². The van der Waals surface area contributed by atoms with E-state index in [1.165, 1.54) is 38.4 Å². The van der Waals surface area contributed by atoms with Gasteiger partial charge in [-0.1, -0.05) is 77.8 Å². The number of fused-ring (bicyclic) bond motifs is 8. The molecule has 0 bridgehead atoms. The number of halogens is 2. The van der Waals surface area contributed by atoms with E-state index >= 15 is 0 Å². The summed E-state index contributed by atoms with van der Waals surface area (Å²) in [6.45, 7) is 0. The van der Waals surface area contributed by atoms with Gasteiger partial charge in [0, 0.05) is 27.1 Å². The first kappa shape index (κ1) is 16.2. The van der Waals surface area contributed by atoms with Crippen molar-refractivity contribution < 1.29 is 21.7 Å². The van der Waals surface area contributed by atoms with Gasteiger partial charge in [0.2, 0.25) is 0 Å². The van der Waals surface area contributed by atoms with Gasteiger partial charge in [-0.15, -0.1) is 0 Å². The van der Waals surface area contributed by atoms with Gasteiger partial charge in [0.1, 0.15) is 0 Å². The molecule has 24 heavy (non-hydrogen) atoms. The van der Waals surface area contributed by atoms with Crippen LogP contribution in [-0.4, -0.2) is 0 Å². The van der Waals surface area contributed by atoms with Crippen molar-refractivity contribution >= 4 is 44.7 Å². The third-order valence-electron chi connectivity index (χ3n) is 4.84. The SMILES string of the molecule is Clc1ccc2c(c1Cl)c1c(c3ccccc32)-c2ccccc2C1.[Ti]. The standard InChI is InChI=1S/C21H12Cl2.Ti/c22-18-10-9-16-14-7-3-4-8-15(14)19-13-6-2-1-5-12(13)11-17(19)20(16)21(18)23;/h1-10H,11H2;. The van der Waals surface area contributed by atoms with E-state index < -0.39 is 0 Å². The Hall–Kier alpha value is -1.31.